The first-order valence-corrected chi connectivity index (χ1v) is 8.57. The molecule has 6 heteroatoms. The van der Waals surface area contributed by atoms with Gasteiger partial charge in [0.05, 0.1) is 6.04 Å². The van der Waals surface area contributed by atoms with E-state index in [1.54, 1.807) is 4.90 Å². The zero-order chi connectivity index (χ0) is 17.8. The summed E-state index contributed by atoms with van der Waals surface area (Å²) in [6, 6.07) is -0.460. The molecule has 6 nitrogen and oxygen atoms in total. The Morgan fingerprint density at radius 2 is 1.96 bits per heavy atom. The molecule has 0 aromatic heterocycles. The Labute approximate surface area is 140 Å². The summed E-state index contributed by atoms with van der Waals surface area (Å²) in [6.07, 6.45) is 0.619. The molecule has 1 aliphatic rings. The maximum absolute atomic E-state index is 12.4. The van der Waals surface area contributed by atoms with Crippen molar-refractivity contribution in [1.82, 2.24) is 9.80 Å². The lowest BCUT2D eigenvalue weighted by Crippen LogP contribution is -2.48. The number of likely N-dealkylation sites (N-methyl/N-ethyl adjacent to an activating group) is 1. The summed E-state index contributed by atoms with van der Waals surface area (Å²) in [6.45, 7) is 14.1. The van der Waals surface area contributed by atoms with Gasteiger partial charge in [0.25, 0.3) is 0 Å². The number of likely N-dealkylation sites (tertiary alicyclic amines) is 1. The molecule has 134 valence electrons. The van der Waals surface area contributed by atoms with E-state index in [-0.39, 0.29) is 23.8 Å². The third kappa shape index (κ3) is 6.01. The molecule has 0 unspecified atom stereocenters. The van der Waals surface area contributed by atoms with Crippen molar-refractivity contribution < 1.29 is 14.3 Å². The number of nitrogens with two attached hydrogens (primary N) is 1. The second-order valence-corrected chi connectivity index (χ2v) is 7.73. The van der Waals surface area contributed by atoms with E-state index >= 15 is 0 Å². The van der Waals surface area contributed by atoms with E-state index < -0.39 is 11.6 Å². The summed E-state index contributed by atoms with van der Waals surface area (Å²) in [5.41, 5.74) is 5.50. The van der Waals surface area contributed by atoms with E-state index in [4.69, 9.17) is 10.5 Å². The number of ether oxygens (including phenoxy) is 1. The van der Waals surface area contributed by atoms with Gasteiger partial charge in [-0.3, -0.25) is 4.79 Å². The molecular formula is C17H33N3O3. The minimum atomic E-state index is -0.482. The van der Waals surface area contributed by atoms with E-state index in [0.717, 1.165) is 6.42 Å². The van der Waals surface area contributed by atoms with E-state index in [2.05, 4.69) is 0 Å². The molecule has 0 radical (unpaired) electrons. The Morgan fingerprint density at radius 1 is 1.35 bits per heavy atom. The molecule has 1 heterocycles. The Kier molecular flexibility index (Phi) is 6.86. The summed E-state index contributed by atoms with van der Waals surface area (Å²) in [4.78, 5) is 28.0. The van der Waals surface area contributed by atoms with Crippen molar-refractivity contribution in [3.05, 3.63) is 0 Å². The smallest absolute Gasteiger partial charge is 0.410 e. The molecule has 1 rings (SSSR count). The van der Waals surface area contributed by atoms with Crippen LogP contribution in [0.25, 0.3) is 0 Å². The van der Waals surface area contributed by atoms with Crippen LogP contribution in [0.15, 0.2) is 0 Å². The predicted molar refractivity (Wildman–Crippen MR) is 91.0 cm³/mol. The molecule has 2 atom stereocenters. The highest BCUT2D eigenvalue weighted by Crippen LogP contribution is 2.21. The van der Waals surface area contributed by atoms with E-state index in [1.807, 2.05) is 46.4 Å². The predicted octanol–water partition coefficient (Wildman–Crippen LogP) is 2.08. The van der Waals surface area contributed by atoms with Gasteiger partial charge < -0.3 is 20.3 Å². The van der Waals surface area contributed by atoms with Crippen LogP contribution in [0, 0.1) is 11.8 Å². The first kappa shape index (κ1) is 19.7. The minimum Gasteiger partial charge on any atom is -0.444 e. The number of rotatable bonds is 5. The van der Waals surface area contributed by atoms with Crippen molar-refractivity contribution in [2.24, 2.45) is 17.6 Å². The Hall–Kier alpha value is -1.30. The van der Waals surface area contributed by atoms with Gasteiger partial charge in [-0.2, -0.15) is 0 Å². The largest absolute Gasteiger partial charge is 0.444 e. The molecule has 0 bridgehead atoms. The lowest BCUT2D eigenvalue weighted by Gasteiger charge is -2.29. The summed E-state index contributed by atoms with van der Waals surface area (Å²) in [7, 11) is 0. The topological polar surface area (TPSA) is 75.9 Å². The fourth-order valence-corrected chi connectivity index (χ4v) is 2.66. The first-order chi connectivity index (χ1) is 10.5. The van der Waals surface area contributed by atoms with Crippen LogP contribution >= 0.6 is 0 Å². The lowest BCUT2D eigenvalue weighted by molar-refractivity contribution is -0.133. The average Bonchev–Trinajstić information content (AvgIpc) is 2.90. The van der Waals surface area contributed by atoms with Gasteiger partial charge >= 0.3 is 6.09 Å². The molecule has 2 amide bonds. The van der Waals surface area contributed by atoms with Crippen LogP contribution in [0.2, 0.25) is 0 Å². The molecular weight excluding hydrogens is 294 g/mol. The molecule has 23 heavy (non-hydrogen) atoms. The van der Waals surface area contributed by atoms with Crippen LogP contribution in [-0.2, 0) is 9.53 Å². The van der Waals surface area contributed by atoms with Crippen LogP contribution in [0.3, 0.4) is 0 Å². The first-order valence-electron chi connectivity index (χ1n) is 8.57. The second kappa shape index (κ2) is 7.99. The number of amides is 2. The second-order valence-electron chi connectivity index (χ2n) is 7.73. The molecule has 0 saturated carbocycles. The summed E-state index contributed by atoms with van der Waals surface area (Å²) < 4.78 is 5.40. The molecule has 1 fully saturated rings. The van der Waals surface area contributed by atoms with Gasteiger partial charge in [0.2, 0.25) is 5.91 Å². The van der Waals surface area contributed by atoms with Crippen LogP contribution in [0.4, 0.5) is 4.79 Å². The van der Waals surface area contributed by atoms with Crippen LogP contribution < -0.4 is 5.73 Å². The number of carbonyl (C=O) groups excluding carboxylic acids is 2. The summed E-state index contributed by atoms with van der Waals surface area (Å²) in [5, 5.41) is 0. The standard InChI is InChI=1S/C17H33N3O3/c1-7-19(15(21)14(18)12(2)3)10-13-8-9-20(11-13)16(22)23-17(4,5)6/h12-14H,7-11,18H2,1-6H3/t13-,14+/m1/s1. The molecule has 0 spiro atoms. The highest BCUT2D eigenvalue weighted by molar-refractivity contribution is 5.81. The van der Waals surface area contributed by atoms with Gasteiger partial charge in [-0.05, 0) is 46.0 Å². The molecule has 1 aliphatic heterocycles. The number of carbonyl (C=O) groups is 2. The number of hydrogen-bond acceptors (Lipinski definition) is 4. The fraction of sp³-hybridized carbons (Fsp3) is 0.882. The quantitative estimate of drug-likeness (QED) is 0.839. The normalized spacial score (nSPS) is 19.8. The van der Waals surface area contributed by atoms with Crippen molar-refractivity contribution in [3.8, 4) is 0 Å². The van der Waals surface area contributed by atoms with Crippen molar-refractivity contribution in [2.75, 3.05) is 26.2 Å². The maximum atomic E-state index is 12.4. The molecule has 1 saturated heterocycles. The Balaban J connectivity index is 2.55. The van der Waals surface area contributed by atoms with Crippen LogP contribution in [0.5, 0.6) is 0 Å². The Bertz CT molecular complexity index is 418. The van der Waals surface area contributed by atoms with Crippen molar-refractivity contribution in [3.63, 3.8) is 0 Å². The summed E-state index contributed by atoms with van der Waals surface area (Å²) in [5.74, 6) is 0.405. The Morgan fingerprint density at radius 3 is 2.43 bits per heavy atom. The third-order valence-electron chi connectivity index (χ3n) is 4.11. The van der Waals surface area contributed by atoms with Gasteiger partial charge in [-0.15, -0.1) is 0 Å². The fourth-order valence-electron chi connectivity index (χ4n) is 2.66. The monoisotopic (exact) mass is 327 g/mol. The maximum Gasteiger partial charge on any atom is 0.410 e. The number of hydrogen-bond donors (Lipinski definition) is 1. The van der Waals surface area contributed by atoms with E-state index in [0.29, 0.717) is 26.2 Å². The average molecular weight is 327 g/mol. The molecule has 2 N–H and O–H groups in total. The van der Waals surface area contributed by atoms with Gasteiger partial charge in [0, 0.05) is 26.2 Å². The van der Waals surface area contributed by atoms with Gasteiger partial charge in [-0.1, -0.05) is 13.8 Å². The van der Waals surface area contributed by atoms with Crippen molar-refractivity contribution in [1.29, 1.82) is 0 Å². The van der Waals surface area contributed by atoms with Gasteiger partial charge in [-0.25, -0.2) is 4.79 Å². The van der Waals surface area contributed by atoms with Gasteiger partial charge in [0.15, 0.2) is 0 Å². The van der Waals surface area contributed by atoms with Gasteiger partial charge in [0.1, 0.15) is 5.60 Å². The van der Waals surface area contributed by atoms with Crippen LogP contribution in [-0.4, -0.2) is 59.6 Å². The lowest BCUT2D eigenvalue weighted by atomic mass is 10.0. The zero-order valence-electron chi connectivity index (χ0n) is 15.5. The van der Waals surface area contributed by atoms with E-state index in [9.17, 15) is 9.59 Å². The number of nitrogens with zero attached hydrogens (tertiary/aromatic N) is 2. The molecule has 0 aromatic carbocycles. The van der Waals surface area contributed by atoms with Crippen molar-refractivity contribution >= 4 is 12.0 Å². The third-order valence-corrected chi connectivity index (χ3v) is 4.11. The van der Waals surface area contributed by atoms with Crippen LogP contribution in [0.1, 0.15) is 48.0 Å². The summed E-state index contributed by atoms with van der Waals surface area (Å²) >= 11 is 0. The highest BCUT2D eigenvalue weighted by atomic mass is 16.6. The highest BCUT2D eigenvalue weighted by Gasteiger charge is 2.32. The minimum absolute atomic E-state index is 0.00165. The molecule has 0 aromatic rings. The SMILES string of the molecule is CCN(C[C@H]1CCN(C(=O)OC(C)(C)C)C1)C(=O)[C@@H](N)C(C)C. The zero-order valence-corrected chi connectivity index (χ0v) is 15.5. The molecule has 0 aliphatic carbocycles. The van der Waals surface area contributed by atoms with Crippen molar-refractivity contribution in [2.45, 2.75) is 59.6 Å². The van der Waals surface area contributed by atoms with E-state index in [1.165, 1.54) is 0 Å².